The van der Waals surface area contributed by atoms with Crippen LogP contribution in [0.3, 0.4) is 0 Å². The van der Waals surface area contributed by atoms with Crippen molar-refractivity contribution in [2.75, 3.05) is 5.32 Å². The Morgan fingerprint density at radius 1 is 1.14 bits per heavy atom. The molecular weight excluding hydrogens is 381 g/mol. The summed E-state index contributed by atoms with van der Waals surface area (Å²) < 4.78 is 38.2. The molecule has 0 aromatic heterocycles. The zero-order valence-electron chi connectivity index (χ0n) is 15.5. The van der Waals surface area contributed by atoms with Gasteiger partial charge in [0, 0.05) is 23.7 Å². The Balaban J connectivity index is 2.15. The average Bonchev–Trinajstić information content (AvgIpc) is 2.67. The van der Waals surface area contributed by atoms with Crippen LogP contribution in [0.2, 0.25) is 0 Å². The van der Waals surface area contributed by atoms with Crippen molar-refractivity contribution in [2.24, 2.45) is 10.7 Å². The number of aliphatic imine (C=N–C) groups is 1. The monoisotopic (exact) mass is 400 g/mol. The van der Waals surface area contributed by atoms with Crippen molar-refractivity contribution < 1.29 is 18.0 Å². The van der Waals surface area contributed by atoms with E-state index in [0.717, 1.165) is 18.2 Å². The lowest BCUT2D eigenvalue weighted by Gasteiger charge is -2.08. The molecule has 0 aliphatic carbocycles. The van der Waals surface area contributed by atoms with Crippen LogP contribution in [-0.4, -0.2) is 17.2 Å². The van der Waals surface area contributed by atoms with Crippen molar-refractivity contribution in [1.82, 2.24) is 0 Å². The predicted molar refractivity (Wildman–Crippen MR) is 108 cm³/mol. The fourth-order valence-corrected chi connectivity index (χ4v) is 2.23. The fourth-order valence-electron chi connectivity index (χ4n) is 2.23. The standard InChI is InChI=1S/C21H19F3N4O/c1-14(25)12-18(28-16-7-3-2-4-8-16)20(26)19(29)10-11-27-17-9-5-6-15(13-17)21(22,23)24/h2-13,26-27H,25H2,1H3/b11-10-,14-12?,26-20?,28-18?. The molecule has 0 heterocycles. The molecule has 0 atom stereocenters. The van der Waals surface area contributed by atoms with E-state index >= 15 is 0 Å². The van der Waals surface area contributed by atoms with Gasteiger partial charge in [-0.25, -0.2) is 4.99 Å². The number of nitrogens with two attached hydrogens (primary N) is 1. The summed E-state index contributed by atoms with van der Waals surface area (Å²) in [5.41, 5.74) is 5.59. The van der Waals surface area contributed by atoms with Gasteiger partial charge in [0.1, 0.15) is 5.71 Å². The van der Waals surface area contributed by atoms with E-state index in [1.54, 1.807) is 37.3 Å². The second-order valence-corrected chi connectivity index (χ2v) is 6.02. The lowest BCUT2D eigenvalue weighted by Crippen LogP contribution is -2.21. The molecule has 2 aromatic rings. The van der Waals surface area contributed by atoms with Crippen LogP contribution in [0, 0.1) is 5.41 Å². The van der Waals surface area contributed by atoms with Gasteiger partial charge < -0.3 is 11.1 Å². The highest BCUT2D eigenvalue weighted by molar-refractivity contribution is 6.70. The van der Waals surface area contributed by atoms with Crippen LogP contribution < -0.4 is 11.1 Å². The van der Waals surface area contributed by atoms with Crippen molar-refractivity contribution in [3.8, 4) is 0 Å². The predicted octanol–water partition coefficient (Wildman–Crippen LogP) is 4.86. The van der Waals surface area contributed by atoms with Crippen LogP contribution in [0.5, 0.6) is 0 Å². The third-order valence-electron chi connectivity index (χ3n) is 3.55. The summed E-state index contributed by atoms with van der Waals surface area (Å²) in [7, 11) is 0. The molecule has 5 nitrogen and oxygen atoms in total. The van der Waals surface area contributed by atoms with Gasteiger partial charge in [0.25, 0.3) is 0 Å². The number of hydrogen-bond donors (Lipinski definition) is 3. The number of hydrogen-bond acceptors (Lipinski definition) is 5. The van der Waals surface area contributed by atoms with Gasteiger partial charge in [-0.05, 0) is 43.3 Å². The van der Waals surface area contributed by atoms with Gasteiger partial charge in [-0.1, -0.05) is 24.3 Å². The molecule has 2 rings (SSSR count). The van der Waals surface area contributed by atoms with Gasteiger partial charge in [0.2, 0.25) is 5.78 Å². The second kappa shape index (κ2) is 9.50. The highest BCUT2D eigenvalue weighted by Crippen LogP contribution is 2.30. The first-order chi connectivity index (χ1) is 13.7. The normalized spacial score (nSPS) is 12.8. The number of carbonyl (C=O) groups excluding carboxylic acids is 1. The number of para-hydroxylation sites is 1. The average molecular weight is 400 g/mol. The molecule has 0 bridgehead atoms. The number of rotatable bonds is 7. The quantitative estimate of drug-likeness (QED) is 0.458. The van der Waals surface area contributed by atoms with Crippen molar-refractivity contribution in [3.63, 3.8) is 0 Å². The summed E-state index contributed by atoms with van der Waals surface area (Å²) in [6.07, 6.45) is -0.843. The summed E-state index contributed by atoms with van der Waals surface area (Å²) in [5.74, 6) is -0.684. The first-order valence-electron chi connectivity index (χ1n) is 8.48. The van der Waals surface area contributed by atoms with Gasteiger partial charge >= 0.3 is 6.18 Å². The molecular formula is C21H19F3N4O. The van der Waals surface area contributed by atoms with Crippen molar-refractivity contribution in [1.29, 1.82) is 5.41 Å². The Bertz CT molecular complexity index is 973. The van der Waals surface area contributed by atoms with E-state index < -0.39 is 23.2 Å². The van der Waals surface area contributed by atoms with E-state index in [4.69, 9.17) is 11.1 Å². The summed E-state index contributed by atoms with van der Waals surface area (Å²) in [4.78, 5) is 16.6. The minimum absolute atomic E-state index is 0.0740. The molecule has 0 spiro atoms. The minimum atomic E-state index is -4.46. The van der Waals surface area contributed by atoms with Crippen LogP contribution >= 0.6 is 0 Å². The highest BCUT2D eigenvalue weighted by Gasteiger charge is 2.30. The van der Waals surface area contributed by atoms with E-state index in [-0.39, 0.29) is 11.4 Å². The van der Waals surface area contributed by atoms with Crippen molar-refractivity contribution in [3.05, 3.63) is 84.2 Å². The Kier molecular flexibility index (Phi) is 7.08. The van der Waals surface area contributed by atoms with Crippen LogP contribution in [0.25, 0.3) is 0 Å². The molecule has 150 valence electrons. The first kappa shape index (κ1) is 21.6. The third-order valence-corrected chi connectivity index (χ3v) is 3.55. The fraction of sp³-hybridized carbons (Fsp3) is 0.0952. The van der Waals surface area contributed by atoms with Crippen LogP contribution in [0.15, 0.2) is 83.6 Å². The SMILES string of the molecule is CC(N)=CC(=Nc1ccccc1)C(=N)C(=O)/C=C\Nc1cccc(C(F)(F)F)c1. The molecule has 0 aliphatic heterocycles. The summed E-state index contributed by atoms with van der Waals surface area (Å²) >= 11 is 0. The van der Waals surface area contributed by atoms with Gasteiger partial charge in [0.15, 0.2) is 0 Å². The number of nitrogens with one attached hydrogen (secondary N) is 2. The molecule has 8 heteroatoms. The number of alkyl halides is 3. The van der Waals surface area contributed by atoms with Gasteiger partial charge in [0.05, 0.1) is 17.0 Å². The van der Waals surface area contributed by atoms with E-state index in [0.29, 0.717) is 11.4 Å². The van der Waals surface area contributed by atoms with Gasteiger partial charge in [-0.2, -0.15) is 13.2 Å². The number of anilines is 1. The summed E-state index contributed by atoms with van der Waals surface area (Å²) in [6, 6.07) is 13.3. The molecule has 0 radical (unpaired) electrons. The molecule has 0 saturated heterocycles. The molecule has 0 fully saturated rings. The number of allylic oxidation sites excluding steroid dienone is 3. The van der Waals surface area contributed by atoms with Gasteiger partial charge in [-0.15, -0.1) is 0 Å². The van der Waals surface area contributed by atoms with Crippen LogP contribution in [0.1, 0.15) is 12.5 Å². The van der Waals surface area contributed by atoms with Crippen LogP contribution in [0.4, 0.5) is 24.5 Å². The number of benzene rings is 2. The zero-order chi connectivity index (χ0) is 21.4. The maximum atomic E-state index is 12.7. The highest BCUT2D eigenvalue weighted by atomic mass is 19.4. The Morgan fingerprint density at radius 3 is 2.45 bits per heavy atom. The molecule has 0 saturated carbocycles. The smallest absolute Gasteiger partial charge is 0.402 e. The summed E-state index contributed by atoms with van der Waals surface area (Å²) in [5, 5.41) is 10.7. The Labute approximate surface area is 166 Å². The number of nitrogens with zero attached hydrogens (tertiary/aromatic N) is 1. The molecule has 0 unspecified atom stereocenters. The molecule has 0 amide bonds. The van der Waals surface area contributed by atoms with E-state index in [2.05, 4.69) is 10.3 Å². The first-order valence-corrected chi connectivity index (χ1v) is 8.48. The van der Waals surface area contributed by atoms with E-state index in [1.807, 2.05) is 0 Å². The number of ketones is 1. The van der Waals surface area contributed by atoms with Crippen molar-refractivity contribution >= 4 is 28.6 Å². The topological polar surface area (TPSA) is 91.3 Å². The van der Waals surface area contributed by atoms with Crippen molar-refractivity contribution in [2.45, 2.75) is 13.1 Å². The third kappa shape index (κ3) is 6.76. The Hall–Kier alpha value is -3.68. The number of halogens is 3. The molecule has 29 heavy (non-hydrogen) atoms. The summed E-state index contributed by atoms with van der Waals surface area (Å²) in [6.45, 7) is 1.60. The molecule has 0 aliphatic rings. The molecule has 2 aromatic carbocycles. The Morgan fingerprint density at radius 2 is 1.83 bits per heavy atom. The van der Waals surface area contributed by atoms with Crippen LogP contribution in [-0.2, 0) is 11.0 Å². The minimum Gasteiger partial charge on any atom is -0.402 e. The van der Waals surface area contributed by atoms with E-state index in [9.17, 15) is 18.0 Å². The maximum Gasteiger partial charge on any atom is 0.416 e. The van der Waals surface area contributed by atoms with E-state index in [1.165, 1.54) is 24.4 Å². The lowest BCUT2D eigenvalue weighted by molar-refractivity contribution is -0.137. The maximum absolute atomic E-state index is 12.7. The number of carbonyl (C=O) groups is 1. The largest absolute Gasteiger partial charge is 0.416 e. The van der Waals surface area contributed by atoms with Gasteiger partial charge in [-0.3, -0.25) is 10.2 Å². The lowest BCUT2D eigenvalue weighted by atomic mass is 10.1. The molecule has 4 N–H and O–H groups in total. The zero-order valence-corrected chi connectivity index (χ0v) is 15.5. The second-order valence-electron chi connectivity index (χ2n) is 6.02.